The molecule has 22 heavy (non-hydrogen) atoms. The molecule has 1 amide bonds. The van der Waals surface area contributed by atoms with Crippen molar-refractivity contribution in [2.45, 2.75) is 11.3 Å². The van der Waals surface area contributed by atoms with E-state index in [0.29, 0.717) is 10.8 Å². The lowest BCUT2D eigenvalue weighted by molar-refractivity contribution is -0.120. The third-order valence-corrected chi connectivity index (χ3v) is 4.82. The molecule has 1 aliphatic heterocycles. The van der Waals surface area contributed by atoms with Crippen LogP contribution in [0.5, 0.6) is 5.75 Å². The smallest absolute Gasteiger partial charge is 0.264 e. The summed E-state index contributed by atoms with van der Waals surface area (Å²) in [4.78, 5) is 15.5. The Morgan fingerprint density at radius 2 is 1.95 bits per heavy atom. The zero-order valence-corrected chi connectivity index (χ0v) is 13.6. The number of ether oxygens (including phenoxy) is 1. The Bertz CT molecular complexity index is 660. The average molecular weight is 334 g/mol. The van der Waals surface area contributed by atoms with Gasteiger partial charge in [-0.3, -0.25) is 4.79 Å². The summed E-state index contributed by atoms with van der Waals surface area (Å²) in [5.74, 6) is 1.65. The van der Waals surface area contributed by atoms with Gasteiger partial charge in [-0.15, -0.1) is 11.8 Å². The number of rotatable bonds is 3. The number of thioether (sulfide) groups is 1. The molecule has 3 rings (SSSR count). The van der Waals surface area contributed by atoms with Gasteiger partial charge in [0.15, 0.2) is 6.61 Å². The number of hydrogen-bond acceptors (Lipinski definition) is 3. The number of hydrogen-bond donors (Lipinski definition) is 0. The zero-order chi connectivity index (χ0) is 15.4. The molecular formula is C17H16ClNO2S. The van der Waals surface area contributed by atoms with Crippen molar-refractivity contribution in [3.8, 4) is 5.75 Å². The summed E-state index contributed by atoms with van der Waals surface area (Å²) in [7, 11) is 0. The normalized spacial score (nSPS) is 14.1. The number of fused-ring (bicyclic) bond motifs is 1. The third-order valence-electron chi connectivity index (χ3n) is 3.42. The van der Waals surface area contributed by atoms with Crippen molar-refractivity contribution in [2.75, 3.05) is 23.8 Å². The first-order valence-corrected chi connectivity index (χ1v) is 8.51. The predicted octanol–water partition coefficient (Wildman–Crippen LogP) is 4.25. The van der Waals surface area contributed by atoms with Crippen LogP contribution in [0.1, 0.15) is 6.42 Å². The van der Waals surface area contributed by atoms with Crippen LogP contribution in [0.4, 0.5) is 5.69 Å². The topological polar surface area (TPSA) is 29.5 Å². The number of benzene rings is 2. The van der Waals surface area contributed by atoms with Gasteiger partial charge in [0, 0.05) is 16.5 Å². The number of nitrogens with zero attached hydrogens (tertiary/aromatic N) is 1. The molecule has 5 heteroatoms. The highest BCUT2D eigenvalue weighted by atomic mass is 35.5. The van der Waals surface area contributed by atoms with Gasteiger partial charge in [-0.25, -0.2) is 0 Å². The van der Waals surface area contributed by atoms with Gasteiger partial charge in [-0.1, -0.05) is 23.7 Å². The Kier molecular flexibility index (Phi) is 4.90. The molecule has 0 saturated heterocycles. The number of para-hydroxylation sites is 1. The van der Waals surface area contributed by atoms with E-state index in [1.54, 1.807) is 36.0 Å². The first kappa shape index (κ1) is 15.3. The van der Waals surface area contributed by atoms with E-state index in [1.807, 2.05) is 23.1 Å². The number of carbonyl (C=O) groups is 1. The third kappa shape index (κ3) is 3.57. The summed E-state index contributed by atoms with van der Waals surface area (Å²) in [6.07, 6.45) is 0.978. The number of anilines is 1. The molecule has 3 nitrogen and oxygen atoms in total. The van der Waals surface area contributed by atoms with Crippen LogP contribution >= 0.6 is 23.4 Å². The lowest BCUT2D eigenvalue weighted by atomic mass is 10.2. The SMILES string of the molecule is O=C(COc1ccc(Cl)cc1)N1CCCSc2ccccc21. The summed E-state index contributed by atoms with van der Waals surface area (Å²) in [5, 5.41) is 0.650. The van der Waals surface area contributed by atoms with Gasteiger partial charge in [0.05, 0.1) is 5.69 Å². The van der Waals surface area contributed by atoms with E-state index in [2.05, 4.69) is 6.07 Å². The van der Waals surface area contributed by atoms with Crippen LogP contribution in [0.2, 0.25) is 5.02 Å². The molecule has 1 aliphatic rings. The second-order valence-corrected chi connectivity index (χ2v) is 6.53. The summed E-state index contributed by atoms with van der Waals surface area (Å²) < 4.78 is 5.58. The molecule has 0 unspecified atom stereocenters. The molecule has 0 saturated carbocycles. The van der Waals surface area contributed by atoms with Gasteiger partial charge in [0.25, 0.3) is 5.91 Å². The lowest BCUT2D eigenvalue weighted by Gasteiger charge is -2.22. The Morgan fingerprint density at radius 1 is 1.18 bits per heavy atom. The fraction of sp³-hybridized carbons (Fsp3) is 0.235. The molecule has 1 heterocycles. The second-order valence-electron chi connectivity index (χ2n) is 4.96. The molecular weight excluding hydrogens is 318 g/mol. The molecule has 0 fully saturated rings. The van der Waals surface area contributed by atoms with E-state index in [-0.39, 0.29) is 12.5 Å². The van der Waals surface area contributed by atoms with Crippen molar-refractivity contribution in [3.05, 3.63) is 53.6 Å². The minimum absolute atomic E-state index is 0.0232. The summed E-state index contributed by atoms with van der Waals surface area (Å²) >= 11 is 7.63. The maximum absolute atomic E-state index is 12.5. The van der Waals surface area contributed by atoms with Crippen molar-refractivity contribution < 1.29 is 9.53 Å². The van der Waals surface area contributed by atoms with Crippen LogP contribution in [0.25, 0.3) is 0 Å². The highest BCUT2D eigenvalue weighted by Gasteiger charge is 2.21. The van der Waals surface area contributed by atoms with Crippen molar-refractivity contribution in [3.63, 3.8) is 0 Å². The van der Waals surface area contributed by atoms with Gasteiger partial charge in [0.1, 0.15) is 5.75 Å². The van der Waals surface area contributed by atoms with Crippen molar-refractivity contribution in [1.29, 1.82) is 0 Å². The fourth-order valence-electron chi connectivity index (χ4n) is 2.34. The van der Waals surface area contributed by atoms with Gasteiger partial charge < -0.3 is 9.64 Å². The minimum atomic E-state index is -0.0232. The molecule has 0 atom stereocenters. The predicted molar refractivity (Wildman–Crippen MR) is 91.1 cm³/mol. The Hall–Kier alpha value is -1.65. The Balaban J connectivity index is 1.70. The molecule has 0 radical (unpaired) electrons. The van der Waals surface area contributed by atoms with Gasteiger partial charge in [-0.2, -0.15) is 0 Å². The lowest BCUT2D eigenvalue weighted by Crippen LogP contribution is -2.35. The molecule has 0 aromatic heterocycles. The summed E-state index contributed by atoms with van der Waals surface area (Å²) in [6.45, 7) is 0.757. The van der Waals surface area contributed by atoms with E-state index >= 15 is 0 Å². The first-order chi connectivity index (χ1) is 10.7. The minimum Gasteiger partial charge on any atom is -0.484 e. The zero-order valence-electron chi connectivity index (χ0n) is 12.0. The highest BCUT2D eigenvalue weighted by molar-refractivity contribution is 7.99. The Labute approximate surface area is 139 Å². The van der Waals surface area contributed by atoms with E-state index in [9.17, 15) is 4.79 Å². The number of amides is 1. The monoisotopic (exact) mass is 333 g/mol. The van der Waals surface area contributed by atoms with Gasteiger partial charge in [0.2, 0.25) is 0 Å². The second kappa shape index (κ2) is 7.07. The van der Waals surface area contributed by atoms with Crippen LogP contribution in [-0.4, -0.2) is 24.8 Å². The largest absolute Gasteiger partial charge is 0.484 e. The van der Waals surface area contributed by atoms with Crippen LogP contribution in [-0.2, 0) is 4.79 Å². The fourth-order valence-corrected chi connectivity index (χ4v) is 3.46. The molecule has 2 aromatic carbocycles. The molecule has 0 spiro atoms. The van der Waals surface area contributed by atoms with Crippen LogP contribution in [0.3, 0.4) is 0 Å². The molecule has 0 bridgehead atoms. The summed E-state index contributed by atoms with van der Waals surface area (Å²) in [5.41, 5.74) is 0.981. The van der Waals surface area contributed by atoms with E-state index < -0.39 is 0 Å². The first-order valence-electron chi connectivity index (χ1n) is 7.14. The maximum Gasteiger partial charge on any atom is 0.264 e. The maximum atomic E-state index is 12.5. The average Bonchev–Trinajstić information content (AvgIpc) is 2.76. The van der Waals surface area contributed by atoms with Crippen LogP contribution in [0.15, 0.2) is 53.4 Å². The highest BCUT2D eigenvalue weighted by Crippen LogP contribution is 2.33. The molecule has 114 valence electrons. The van der Waals surface area contributed by atoms with Gasteiger partial charge >= 0.3 is 0 Å². The van der Waals surface area contributed by atoms with Crippen LogP contribution in [0, 0.1) is 0 Å². The molecule has 2 aromatic rings. The van der Waals surface area contributed by atoms with E-state index in [1.165, 1.54) is 0 Å². The van der Waals surface area contributed by atoms with E-state index in [4.69, 9.17) is 16.3 Å². The van der Waals surface area contributed by atoms with Crippen molar-refractivity contribution in [2.24, 2.45) is 0 Å². The molecule has 0 aliphatic carbocycles. The van der Waals surface area contributed by atoms with Crippen molar-refractivity contribution >= 4 is 35.0 Å². The Morgan fingerprint density at radius 3 is 2.77 bits per heavy atom. The van der Waals surface area contributed by atoms with Gasteiger partial charge in [-0.05, 0) is 48.6 Å². The standard InChI is InChI=1S/C17H16ClNO2S/c18-13-6-8-14(9-7-13)21-12-17(20)19-10-3-11-22-16-5-2-1-4-15(16)19/h1-2,4-9H,3,10-12H2. The molecule has 0 N–H and O–H groups in total. The van der Waals surface area contributed by atoms with Crippen molar-refractivity contribution in [1.82, 2.24) is 0 Å². The van der Waals surface area contributed by atoms with Crippen LogP contribution < -0.4 is 9.64 Å². The van der Waals surface area contributed by atoms with E-state index in [0.717, 1.165) is 29.3 Å². The summed E-state index contributed by atoms with van der Waals surface area (Å²) in [6, 6.07) is 15.1. The number of carbonyl (C=O) groups excluding carboxylic acids is 1. The quantitative estimate of drug-likeness (QED) is 0.841. The number of halogens is 1.